The van der Waals surface area contributed by atoms with Crippen LogP contribution in [0.4, 0.5) is 0 Å². The lowest BCUT2D eigenvalue weighted by Crippen LogP contribution is -2.45. The molecule has 0 spiro atoms. The van der Waals surface area contributed by atoms with E-state index in [0.29, 0.717) is 18.3 Å². The number of rotatable bonds is 4. The summed E-state index contributed by atoms with van der Waals surface area (Å²) in [5.41, 5.74) is 3.37. The number of pyridine rings is 1. The average molecular weight is 372 g/mol. The molecule has 0 radical (unpaired) electrons. The highest BCUT2D eigenvalue weighted by Gasteiger charge is 2.25. The van der Waals surface area contributed by atoms with Crippen molar-refractivity contribution in [2.24, 2.45) is 0 Å². The Morgan fingerprint density at radius 1 is 1.27 bits per heavy atom. The molecule has 0 aliphatic carbocycles. The Kier molecular flexibility index (Phi) is 5.98. The van der Waals surface area contributed by atoms with Crippen molar-refractivity contribution in [1.29, 1.82) is 0 Å². The van der Waals surface area contributed by atoms with Crippen molar-refractivity contribution in [3.63, 3.8) is 0 Å². The van der Waals surface area contributed by atoms with Gasteiger partial charge in [0.1, 0.15) is 0 Å². The van der Waals surface area contributed by atoms with E-state index < -0.39 is 0 Å². The van der Waals surface area contributed by atoms with Crippen LogP contribution < -0.4 is 5.32 Å². The van der Waals surface area contributed by atoms with Crippen LogP contribution in [0.15, 0.2) is 53.3 Å². The molecule has 0 bridgehead atoms. The first-order chi connectivity index (χ1) is 12.3. The summed E-state index contributed by atoms with van der Waals surface area (Å²) in [5, 5.41) is 7.60. The van der Waals surface area contributed by atoms with E-state index in [9.17, 15) is 0 Å². The van der Waals surface area contributed by atoms with Gasteiger partial charge in [-0.3, -0.25) is 9.88 Å². The van der Waals surface area contributed by atoms with E-state index in [0.717, 1.165) is 25.2 Å². The first kappa shape index (κ1) is 18.5. The monoisotopic (exact) mass is 371 g/mol. The summed E-state index contributed by atoms with van der Waals surface area (Å²) >= 11 is 0. The maximum Gasteiger partial charge on any atom is 0.241 e. The van der Waals surface area contributed by atoms with Crippen molar-refractivity contribution in [3.8, 4) is 11.4 Å². The minimum Gasteiger partial charge on any atom is -0.338 e. The van der Waals surface area contributed by atoms with E-state index in [1.54, 1.807) is 6.20 Å². The van der Waals surface area contributed by atoms with Gasteiger partial charge in [0.2, 0.25) is 11.7 Å². The SMILES string of the molecule is Cc1cccc(-c2noc(CN3CCNCC3c3cccnc3)n2)c1.Cl. The van der Waals surface area contributed by atoms with Crippen molar-refractivity contribution >= 4 is 12.4 Å². The summed E-state index contributed by atoms with van der Waals surface area (Å²) in [4.78, 5) is 11.2. The zero-order valence-electron chi connectivity index (χ0n) is 14.6. The summed E-state index contributed by atoms with van der Waals surface area (Å²) in [5.74, 6) is 1.29. The lowest BCUT2D eigenvalue weighted by Gasteiger charge is -2.35. The summed E-state index contributed by atoms with van der Waals surface area (Å²) in [7, 11) is 0. The van der Waals surface area contributed by atoms with Crippen LogP contribution in [-0.4, -0.2) is 39.7 Å². The number of halogens is 1. The fourth-order valence-electron chi connectivity index (χ4n) is 3.23. The van der Waals surface area contributed by atoms with Crippen molar-refractivity contribution in [2.75, 3.05) is 19.6 Å². The Labute approximate surface area is 159 Å². The van der Waals surface area contributed by atoms with E-state index in [4.69, 9.17) is 4.52 Å². The van der Waals surface area contributed by atoms with Gasteiger partial charge in [-0.05, 0) is 24.6 Å². The van der Waals surface area contributed by atoms with Gasteiger partial charge >= 0.3 is 0 Å². The standard InChI is InChI=1S/C19H21N5O.ClH/c1-14-4-2-5-15(10-14)19-22-18(25-23-19)13-24-9-8-21-12-17(24)16-6-3-7-20-11-16;/h2-7,10-11,17,21H,8-9,12-13H2,1H3;1H. The van der Waals surface area contributed by atoms with Crippen molar-refractivity contribution in [3.05, 3.63) is 65.8 Å². The molecular formula is C19H22ClN5O. The second-order valence-corrected chi connectivity index (χ2v) is 6.36. The van der Waals surface area contributed by atoms with Gasteiger partial charge in [0.15, 0.2) is 0 Å². The van der Waals surface area contributed by atoms with Gasteiger partial charge in [0.25, 0.3) is 0 Å². The number of piperazine rings is 1. The molecule has 1 fully saturated rings. The zero-order chi connectivity index (χ0) is 17.1. The van der Waals surface area contributed by atoms with E-state index in [1.807, 2.05) is 24.4 Å². The average Bonchev–Trinajstić information content (AvgIpc) is 3.12. The number of hydrogen-bond donors (Lipinski definition) is 1. The molecule has 1 saturated heterocycles. The Morgan fingerprint density at radius 2 is 2.19 bits per heavy atom. The highest BCUT2D eigenvalue weighted by atomic mass is 35.5. The highest BCUT2D eigenvalue weighted by molar-refractivity contribution is 5.85. The normalized spacial score (nSPS) is 17.7. The number of hydrogen-bond acceptors (Lipinski definition) is 6. The molecule has 3 heterocycles. The minimum atomic E-state index is 0. The summed E-state index contributed by atoms with van der Waals surface area (Å²) < 4.78 is 5.51. The molecule has 3 aromatic rings. The predicted octanol–water partition coefficient (Wildman–Crippen LogP) is 3.01. The van der Waals surface area contributed by atoms with E-state index >= 15 is 0 Å². The second-order valence-electron chi connectivity index (χ2n) is 6.36. The molecule has 26 heavy (non-hydrogen) atoms. The molecule has 1 aromatic carbocycles. The Balaban J connectivity index is 0.00000196. The Hall–Kier alpha value is -2.28. The first-order valence-corrected chi connectivity index (χ1v) is 8.54. The van der Waals surface area contributed by atoms with Crippen LogP contribution in [0.1, 0.15) is 23.1 Å². The number of nitrogens with zero attached hydrogens (tertiary/aromatic N) is 4. The fourth-order valence-corrected chi connectivity index (χ4v) is 3.23. The molecule has 1 unspecified atom stereocenters. The molecule has 6 nitrogen and oxygen atoms in total. The fraction of sp³-hybridized carbons (Fsp3) is 0.316. The van der Waals surface area contributed by atoms with Crippen molar-refractivity contribution in [1.82, 2.24) is 25.3 Å². The molecule has 1 atom stereocenters. The lowest BCUT2D eigenvalue weighted by molar-refractivity contribution is 0.135. The number of aromatic nitrogens is 3. The lowest BCUT2D eigenvalue weighted by atomic mass is 10.1. The highest BCUT2D eigenvalue weighted by Crippen LogP contribution is 2.24. The molecule has 1 N–H and O–H groups in total. The molecule has 0 amide bonds. The maximum absolute atomic E-state index is 5.51. The van der Waals surface area contributed by atoms with Crippen LogP contribution in [0.3, 0.4) is 0 Å². The van der Waals surface area contributed by atoms with Gasteiger partial charge in [0.05, 0.1) is 6.54 Å². The van der Waals surface area contributed by atoms with E-state index in [-0.39, 0.29) is 18.4 Å². The van der Waals surface area contributed by atoms with Crippen LogP contribution in [0.25, 0.3) is 11.4 Å². The number of benzene rings is 1. The Bertz CT molecular complexity index is 839. The predicted molar refractivity (Wildman–Crippen MR) is 102 cm³/mol. The maximum atomic E-state index is 5.51. The van der Waals surface area contributed by atoms with Crippen LogP contribution >= 0.6 is 12.4 Å². The van der Waals surface area contributed by atoms with Gasteiger partial charge in [-0.15, -0.1) is 12.4 Å². The molecular weight excluding hydrogens is 350 g/mol. The van der Waals surface area contributed by atoms with E-state index in [1.165, 1.54) is 11.1 Å². The van der Waals surface area contributed by atoms with Crippen molar-refractivity contribution in [2.45, 2.75) is 19.5 Å². The third-order valence-corrected chi connectivity index (χ3v) is 4.51. The van der Waals surface area contributed by atoms with Gasteiger partial charge in [0, 0.05) is 43.6 Å². The van der Waals surface area contributed by atoms with Gasteiger partial charge in [-0.1, -0.05) is 35.0 Å². The number of aryl methyl sites for hydroxylation is 1. The zero-order valence-corrected chi connectivity index (χ0v) is 15.4. The molecule has 0 saturated carbocycles. The second kappa shape index (κ2) is 8.40. The largest absolute Gasteiger partial charge is 0.338 e. The van der Waals surface area contributed by atoms with Gasteiger partial charge in [-0.2, -0.15) is 4.98 Å². The molecule has 1 aliphatic rings. The van der Waals surface area contributed by atoms with E-state index in [2.05, 4.69) is 50.5 Å². The van der Waals surface area contributed by atoms with Gasteiger partial charge < -0.3 is 9.84 Å². The molecule has 2 aromatic heterocycles. The molecule has 136 valence electrons. The van der Waals surface area contributed by atoms with Crippen LogP contribution in [0.5, 0.6) is 0 Å². The molecule has 1 aliphatic heterocycles. The topological polar surface area (TPSA) is 67.1 Å². The molecule has 4 rings (SSSR count). The van der Waals surface area contributed by atoms with Crippen LogP contribution in [0.2, 0.25) is 0 Å². The summed E-state index contributed by atoms with van der Waals surface area (Å²) in [6.07, 6.45) is 3.73. The first-order valence-electron chi connectivity index (χ1n) is 8.54. The van der Waals surface area contributed by atoms with Crippen LogP contribution in [-0.2, 0) is 6.54 Å². The Morgan fingerprint density at radius 3 is 3.00 bits per heavy atom. The quantitative estimate of drug-likeness (QED) is 0.760. The smallest absolute Gasteiger partial charge is 0.241 e. The third kappa shape index (κ3) is 4.09. The van der Waals surface area contributed by atoms with Crippen molar-refractivity contribution < 1.29 is 4.52 Å². The third-order valence-electron chi connectivity index (χ3n) is 4.51. The summed E-state index contributed by atoms with van der Waals surface area (Å²) in [6, 6.07) is 12.5. The molecule has 7 heteroatoms. The minimum absolute atomic E-state index is 0. The number of nitrogens with one attached hydrogen (secondary N) is 1. The van der Waals surface area contributed by atoms with Gasteiger partial charge in [-0.25, -0.2) is 0 Å². The van der Waals surface area contributed by atoms with Crippen LogP contribution in [0, 0.1) is 6.92 Å². The summed E-state index contributed by atoms with van der Waals surface area (Å²) in [6.45, 7) is 5.48.